The number of nitrogens with one attached hydrogen (secondary N) is 1. The monoisotopic (exact) mass is 284 g/mol. The number of nitro groups is 1. The Balaban J connectivity index is 3.35. The van der Waals surface area contributed by atoms with Crippen LogP contribution in [0.1, 0.15) is 20.8 Å². The lowest BCUT2D eigenvalue weighted by atomic mass is 9.92. The highest BCUT2D eigenvalue weighted by molar-refractivity contribution is 6.68. The fourth-order valence-electron chi connectivity index (χ4n) is 1.72. The van der Waals surface area contributed by atoms with Crippen LogP contribution in [-0.4, -0.2) is 8.72 Å². The van der Waals surface area contributed by atoms with Crippen LogP contribution in [0.4, 0.5) is 0 Å². The quantitative estimate of drug-likeness (QED) is 0.456. The second-order valence-electron chi connectivity index (χ2n) is 3.67. The number of allylic oxidation sites excluding steroid dienone is 3. The molecule has 0 aromatic carbocycles. The Morgan fingerprint density at radius 2 is 1.75 bits per heavy atom. The maximum absolute atomic E-state index is 11.0. The molecule has 4 nitrogen and oxygen atoms in total. The van der Waals surface area contributed by atoms with E-state index in [1.54, 1.807) is 20.8 Å². The summed E-state index contributed by atoms with van der Waals surface area (Å²) in [5.41, 5.74) is 1.75. The molecule has 0 amide bonds. The molecule has 0 aromatic rings. The molecular formula is C9H11Cl3N2O2. The molecule has 0 bridgehead atoms. The van der Waals surface area contributed by atoms with Crippen molar-refractivity contribution < 1.29 is 4.92 Å². The van der Waals surface area contributed by atoms with E-state index in [-0.39, 0.29) is 5.70 Å². The van der Waals surface area contributed by atoms with Gasteiger partial charge in [0.1, 0.15) is 5.92 Å². The zero-order valence-electron chi connectivity index (χ0n) is 8.97. The van der Waals surface area contributed by atoms with Gasteiger partial charge in [-0.15, -0.1) is 0 Å². The predicted octanol–water partition coefficient (Wildman–Crippen LogP) is 3.38. The van der Waals surface area contributed by atoms with Gasteiger partial charge in [0.15, 0.2) is 0 Å². The molecular weight excluding hydrogens is 274 g/mol. The molecule has 0 aromatic heterocycles. The van der Waals surface area contributed by atoms with Gasteiger partial charge in [-0.25, -0.2) is 0 Å². The highest BCUT2D eigenvalue weighted by Gasteiger charge is 2.46. The first-order valence-electron chi connectivity index (χ1n) is 4.52. The third-order valence-electron chi connectivity index (χ3n) is 2.58. The van der Waals surface area contributed by atoms with Gasteiger partial charge in [0.25, 0.3) is 5.70 Å². The molecule has 1 atom stereocenters. The molecule has 0 spiro atoms. The summed E-state index contributed by atoms with van der Waals surface area (Å²) in [5.74, 6) is -0.825. The van der Waals surface area contributed by atoms with Crippen molar-refractivity contribution in [2.75, 3.05) is 0 Å². The second kappa shape index (κ2) is 4.43. The lowest BCUT2D eigenvalue weighted by Crippen LogP contribution is -2.34. The Morgan fingerprint density at radius 3 is 2.12 bits per heavy atom. The van der Waals surface area contributed by atoms with E-state index in [4.69, 9.17) is 34.8 Å². The number of hydrogen-bond donors (Lipinski definition) is 1. The predicted molar refractivity (Wildman–Crippen MR) is 65.0 cm³/mol. The SMILES string of the molecule is CC1=C(C)C(C(Cl)(Cl)Cl)C([N+](=O)[O-])=C(C)N1. The molecule has 7 heteroatoms. The van der Waals surface area contributed by atoms with Crippen molar-refractivity contribution in [1.82, 2.24) is 5.32 Å². The van der Waals surface area contributed by atoms with E-state index in [0.717, 1.165) is 5.70 Å². The molecule has 1 N–H and O–H groups in total. The molecule has 90 valence electrons. The molecule has 1 unspecified atom stereocenters. The standard InChI is InChI=1S/C9H11Cl3N2O2/c1-4-5(2)13-6(3)8(14(15)16)7(4)9(10,11)12/h7,13H,1-3H3. The van der Waals surface area contributed by atoms with E-state index >= 15 is 0 Å². The fraction of sp³-hybridized carbons (Fsp3) is 0.556. The van der Waals surface area contributed by atoms with Gasteiger partial charge in [-0.05, 0) is 26.3 Å². The maximum atomic E-state index is 11.0. The second-order valence-corrected chi connectivity index (χ2v) is 6.04. The largest absolute Gasteiger partial charge is 0.358 e. The Labute approximate surface area is 108 Å². The molecule has 0 saturated carbocycles. The zero-order chi connectivity index (χ0) is 12.7. The first kappa shape index (κ1) is 13.6. The molecule has 0 fully saturated rings. The van der Waals surface area contributed by atoms with E-state index in [1.165, 1.54) is 0 Å². The smallest absolute Gasteiger partial charge is 0.276 e. The number of alkyl halides is 3. The van der Waals surface area contributed by atoms with Crippen LogP contribution >= 0.6 is 34.8 Å². The Morgan fingerprint density at radius 1 is 1.25 bits per heavy atom. The summed E-state index contributed by atoms with van der Waals surface area (Å²) < 4.78 is -1.73. The Bertz CT molecular complexity index is 396. The lowest BCUT2D eigenvalue weighted by Gasteiger charge is -2.29. The van der Waals surface area contributed by atoms with Gasteiger partial charge in [-0.3, -0.25) is 10.1 Å². The van der Waals surface area contributed by atoms with Gasteiger partial charge in [0.2, 0.25) is 3.79 Å². The topological polar surface area (TPSA) is 55.2 Å². The van der Waals surface area contributed by atoms with Crippen molar-refractivity contribution in [2.24, 2.45) is 5.92 Å². The summed E-state index contributed by atoms with van der Waals surface area (Å²) >= 11 is 17.4. The van der Waals surface area contributed by atoms with Crippen molar-refractivity contribution >= 4 is 34.8 Å². The first-order chi connectivity index (χ1) is 7.16. The maximum Gasteiger partial charge on any atom is 0.276 e. The summed E-state index contributed by atoms with van der Waals surface area (Å²) in [6.45, 7) is 5.10. The zero-order valence-corrected chi connectivity index (χ0v) is 11.2. The first-order valence-corrected chi connectivity index (χ1v) is 5.66. The average molecular weight is 286 g/mol. The van der Waals surface area contributed by atoms with Crippen LogP contribution in [0.3, 0.4) is 0 Å². The molecule has 1 aliphatic rings. The van der Waals surface area contributed by atoms with Crippen LogP contribution in [0.15, 0.2) is 22.7 Å². The summed E-state index contributed by atoms with van der Waals surface area (Å²) in [6.07, 6.45) is 0. The van der Waals surface area contributed by atoms with Gasteiger partial charge in [-0.2, -0.15) is 0 Å². The molecule has 1 aliphatic heterocycles. The lowest BCUT2D eigenvalue weighted by molar-refractivity contribution is -0.434. The summed E-state index contributed by atoms with van der Waals surface area (Å²) in [4.78, 5) is 10.5. The molecule has 0 aliphatic carbocycles. The third kappa shape index (κ3) is 2.44. The number of hydrogen-bond acceptors (Lipinski definition) is 3. The van der Waals surface area contributed by atoms with Gasteiger partial charge in [0.05, 0.1) is 10.6 Å². The van der Waals surface area contributed by atoms with Crippen LogP contribution in [0.2, 0.25) is 0 Å². The number of nitrogens with zero attached hydrogens (tertiary/aromatic N) is 1. The third-order valence-corrected chi connectivity index (χ3v) is 3.24. The summed E-state index contributed by atoms with van der Waals surface area (Å²) in [7, 11) is 0. The minimum atomic E-state index is -1.73. The van der Waals surface area contributed by atoms with Crippen molar-refractivity contribution in [3.8, 4) is 0 Å². The molecule has 0 saturated heterocycles. The minimum Gasteiger partial charge on any atom is -0.358 e. The van der Waals surface area contributed by atoms with Crippen LogP contribution in [0.5, 0.6) is 0 Å². The minimum absolute atomic E-state index is 0.0944. The van der Waals surface area contributed by atoms with Crippen molar-refractivity contribution in [3.05, 3.63) is 32.8 Å². The van der Waals surface area contributed by atoms with Gasteiger partial charge in [0, 0.05) is 5.70 Å². The van der Waals surface area contributed by atoms with Crippen LogP contribution in [0, 0.1) is 16.0 Å². The van der Waals surface area contributed by atoms with Gasteiger partial charge >= 0.3 is 0 Å². The average Bonchev–Trinajstić information content (AvgIpc) is 2.07. The number of halogens is 3. The van der Waals surface area contributed by atoms with Crippen molar-refractivity contribution in [3.63, 3.8) is 0 Å². The Kier molecular flexibility index (Phi) is 3.77. The molecule has 1 rings (SSSR count). The van der Waals surface area contributed by atoms with E-state index in [0.29, 0.717) is 11.3 Å². The van der Waals surface area contributed by atoms with Crippen LogP contribution in [-0.2, 0) is 0 Å². The number of dihydropyridines is 1. The highest BCUT2D eigenvalue weighted by atomic mass is 35.6. The Hall–Kier alpha value is -0.450. The van der Waals surface area contributed by atoms with E-state index in [9.17, 15) is 10.1 Å². The van der Waals surface area contributed by atoms with Crippen LogP contribution < -0.4 is 5.32 Å². The highest BCUT2D eigenvalue weighted by Crippen LogP contribution is 2.46. The molecule has 0 radical (unpaired) electrons. The summed E-state index contributed by atoms with van der Waals surface area (Å²) in [5, 5.41) is 13.9. The van der Waals surface area contributed by atoms with E-state index in [2.05, 4.69) is 5.32 Å². The summed E-state index contributed by atoms with van der Waals surface area (Å²) in [6, 6.07) is 0. The van der Waals surface area contributed by atoms with E-state index < -0.39 is 14.6 Å². The molecule has 1 heterocycles. The van der Waals surface area contributed by atoms with Gasteiger partial charge in [-0.1, -0.05) is 34.8 Å². The fourth-order valence-corrected chi connectivity index (χ4v) is 2.53. The van der Waals surface area contributed by atoms with Crippen molar-refractivity contribution in [1.29, 1.82) is 0 Å². The van der Waals surface area contributed by atoms with Crippen LogP contribution in [0.25, 0.3) is 0 Å². The number of rotatable bonds is 1. The van der Waals surface area contributed by atoms with Gasteiger partial charge < -0.3 is 5.32 Å². The molecule has 16 heavy (non-hydrogen) atoms. The normalized spacial score (nSPS) is 22.2. The van der Waals surface area contributed by atoms with E-state index in [1.807, 2.05) is 0 Å². The van der Waals surface area contributed by atoms with Crippen molar-refractivity contribution in [2.45, 2.75) is 24.6 Å².